The van der Waals surface area contributed by atoms with Crippen molar-refractivity contribution in [2.75, 3.05) is 0 Å². The van der Waals surface area contributed by atoms with Crippen molar-refractivity contribution in [1.29, 1.82) is 0 Å². The molecule has 0 radical (unpaired) electrons. The van der Waals surface area contributed by atoms with E-state index in [4.69, 9.17) is 0 Å². The number of allylic oxidation sites excluding steroid dienone is 1. The minimum absolute atomic E-state index is 0.0883. The second-order valence-corrected chi connectivity index (χ2v) is 9.40. The quantitative estimate of drug-likeness (QED) is 0.440. The van der Waals surface area contributed by atoms with Gasteiger partial charge in [0, 0.05) is 11.9 Å². The summed E-state index contributed by atoms with van der Waals surface area (Å²) in [6.07, 6.45) is 1.56. The monoisotopic (exact) mass is 390 g/mol. The molecule has 0 aliphatic rings. The number of nitrogens with zero attached hydrogens (tertiary/aromatic N) is 2. The van der Waals surface area contributed by atoms with Crippen LogP contribution < -0.4 is 4.80 Å². The van der Waals surface area contributed by atoms with Gasteiger partial charge in [0.05, 0.1) is 5.69 Å². The zero-order valence-electron chi connectivity index (χ0n) is 12.3. The predicted octanol–water partition coefficient (Wildman–Crippen LogP) is 1.94. The average molecular weight is 390 g/mol. The highest BCUT2D eigenvalue weighted by molar-refractivity contribution is 7.70. The largest absolute Gasteiger partial charge is 0.362 e. The number of hydrogen-bond donors (Lipinski definition) is 4. The molecule has 0 aliphatic heterocycles. The Kier molecular flexibility index (Phi) is 5.78. The first-order valence-electron chi connectivity index (χ1n) is 6.63. The van der Waals surface area contributed by atoms with Gasteiger partial charge in [0.2, 0.25) is 0 Å². The van der Waals surface area contributed by atoms with Gasteiger partial charge in [0.25, 0.3) is 5.52 Å². The fourth-order valence-electron chi connectivity index (χ4n) is 2.02. The number of rotatable bonds is 6. The Bertz CT molecular complexity index is 857. The third-order valence-corrected chi connectivity index (χ3v) is 7.12. The molecular weight excluding hydrogens is 374 g/mol. The zero-order valence-corrected chi connectivity index (χ0v) is 14.9. The second kappa shape index (κ2) is 7.29. The molecule has 0 fully saturated rings. The molecule has 0 spiro atoms. The van der Waals surface area contributed by atoms with Crippen LogP contribution in [0.4, 0.5) is 0 Å². The topological polar surface area (TPSA) is 132 Å². The van der Waals surface area contributed by atoms with E-state index in [1.54, 1.807) is 16.0 Å². The predicted molar refractivity (Wildman–Crippen MR) is 91.4 cm³/mol. The van der Waals surface area contributed by atoms with Gasteiger partial charge in [-0.1, -0.05) is 36.4 Å². The van der Waals surface area contributed by atoms with E-state index in [2.05, 4.69) is 11.6 Å². The lowest BCUT2D eigenvalue weighted by Crippen LogP contribution is -2.19. The molecule has 4 N–H and O–H groups in total. The van der Waals surface area contributed by atoms with Crippen molar-refractivity contribution < 1.29 is 28.7 Å². The Morgan fingerprint density at radius 3 is 2.25 bits per heavy atom. The molecule has 0 saturated heterocycles. The molecule has 8 nitrogen and oxygen atoms in total. The minimum atomic E-state index is -5.13. The lowest BCUT2D eigenvalue weighted by Gasteiger charge is -2.15. The smallest absolute Gasteiger partial charge is 0.322 e. The molecule has 0 bridgehead atoms. The van der Waals surface area contributed by atoms with Crippen LogP contribution in [0, 0.1) is 0 Å². The first kappa shape index (κ1) is 19.0. The second-order valence-electron chi connectivity index (χ2n) is 4.82. The molecule has 0 unspecified atom stereocenters. The van der Waals surface area contributed by atoms with Crippen molar-refractivity contribution in [1.82, 2.24) is 4.57 Å². The Morgan fingerprint density at radius 1 is 1.17 bits per heavy atom. The van der Waals surface area contributed by atoms with Crippen LogP contribution in [-0.2, 0) is 15.7 Å². The Labute approximate surface area is 141 Å². The molecular formula is C13H16N2O6P2S. The Morgan fingerprint density at radius 2 is 1.75 bits per heavy atom. The van der Waals surface area contributed by atoms with Crippen molar-refractivity contribution in [2.24, 2.45) is 4.99 Å². The van der Waals surface area contributed by atoms with Crippen molar-refractivity contribution in [3.8, 4) is 11.3 Å². The van der Waals surface area contributed by atoms with Crippen LogP contribution >= 0.6 is 26.5 Å². The van der Waals surface area contributed by atoms with Crippen molar-refractivity contribution in [3.05, 3.63) is 53.2 Å². The van der Waals surface area contributed by atoms with E-state index in [0.29, 0.717) is 5.69 Å². The maximum Gasteiger partial charge on any atom is 0.362 e. The third kappa shape index (κ3) is 4.40. The summed E-state index contributed by atoms with van der Waals surface area (Å²) in [6.45, 7) is 3.89. The summed E-state index contributed by atoms with van der Waals surface area (Å²) in [5.41, 5.74) is -0.890. The average Bonchev–Trinajstić information content (AvgIpc) is 2.86. The van der Waals surface area contributed by atoms with Crippen LogP contribution in [0.5, 0.6) is 0 Å². The van der Waals surface area contributed by atoms with E-state index in [0.717, 1.165) is 16.9 Å². The van der Waals surface area contributed by atoms with E-state index in [1.165, 1.54) is 0 Å². The summed E-state index contributed by atoms with van der Waals surface area (Å²) in [5.74, 6) is 0. The maximum absolute atomic E-state index is 11.4. The summed E-state index contributed by atoms with van der Waals surface area (Å²) in [7, 11) is -10.3. The molecule has 11 heteroatoms. The summed E-state index contributed by atoms with van der Waals surface area (Å²) in [5, 5.41) is 1.70. The van der Waals surface area contributed by atoms with Gasteiger partial charge in [0.15, 0.2) is 4.80 Å². The lowest BCUT2D eigenvalue weighted by atomic mass is 10.2. The summed E-state index contributed by atoms with van der Waals surface area (Å²) < 4.78 is 24.4. The van der Waals surface area contributed by atoms with Gasteiger partial charge in [0.1, 0.15) is 0 Å². The SMILES string of the molecule is C=CCn1c(-c2ccccc2)cs/c1=N\C(P(=O)(O)O)P(=O)(O)O. The summed E-state index contributed by atoms with van der Waals surface area (Å²) >= 11 is 1.03. The third-order valence-electron chi connectivity index (χ3n) is 3.01. The molecule has 0 aliphatic carbocycles. The van der Waals surface area contributed by atoms with Crippen molar-refractivity contribution in [3.63, 3.8) is 0 Å². The van der Waals surface area contributed by atoms with Gasteiger partial charge in [-0.2, -0.15) is 0 Å². The lowest BCUT2D eigenvalue weighted by molar-refractivity contribution is 0.339. The number of aromatic nitrogens is 1. The Balaban J connectivity index is 2.66. The highest BCUT2D eigenvalue weighted by Gasteiger charge is 2.43. The highest BCUT2D eigenvalue weighted by atomic mass is 32.1. The number of benzene rings is 1. The van der Waals surface area contributed by atoms with Gasteiger partial charge in [-0.3, -0.25) is 9.13 Å². The highest BCUT2D eigenvalue weighted by Crippen LogP contribution is 2.60. The van der Waals surface area contributed by atoms with E-state index in [9.17, 15) is 28.7 Å². The zero-order chi connectivity index (χ0) is 18.0. The standard InChI is InChI=1S/C13H16N2O6P2S/c1-2-8-15-11(10-6-4-3-5-7-10)9-24-12(15)14-13(22(16,17)18)23(19,20)21/h2-7,9,13H,1,8H2,(H2,16,17,18)(H2,19,20,21)/b14-12-. The minimum Gasteiger partial charge on any atom is -0.322 e. The molecule has 1 aromatic carbocycles. The first-order valence-corrected chi connectivity index (χ1v) is 10.9. The molecule has 1 aromatic heterocycles. The Hall–Kier alpha value is -1.31. The molecule has 130 valence electrons. The molecule has 0 amide bonds. The van der Waals surface area contributed by atoms with Crippen LogP contribution in [0.2, 0.25) is 0 Å². The fourth-order valence-corrected chi connectivity index (χ4v) is 5.21. The summed E-state index contributed by atoms with van der Waals surface area (Å²) in [6, 6.07) is 9.19. The van der Waals surface area contributed by atoms with Crippen molar-refractivity contribution in [2.45, 2.75) is 12.1 Å². The number of thiazole rings is 1. The molecule has 0 saturated carbocycles. The van der Waals surface area contributed by atoms with Gasteiger partial charge < -0.3 is 24.1 Å². The van der Waals surface area contributed by atoms with Crippen LogP contribution in [0.3, 0.4) is 0 Å². The van der Waals surface area contributed by atoms with Gasteiger partial charge in [-0.05, 0) is 5.56 Å². The normalized spacial score (nSPS) is 13.5. The van der Waals surface area contributed by atoms with E-state index in [-0.39, 0.29) is 11.3 Å². The van der Waals surface area contributed by atoms with Crippen LogP contribution in [-0.4, -0.2) is 29.7 Å². The van der Waals surface area contributed by atoms with E-state index >= 15 is 0 Å². The molecule has 2 aromatic rings. The van der Waals surface area contributed by atoms with Gasteiger partial charge in [-0.25, -0.2) is 4.99 Å². The van der Waals surface area contributed by atoms with Gasteiger partial charge in [-0.15, -0.1) is 17.9 Å². The van der Waals surface area contributed by atoms with Crippen molar-refractivity contribution >= 4 is 26.5 Å². The molecule has 24 heavy (non-hydrogen) atoms. The molecule has 2 rings (SSSR count). The first-order chi connectivity index (χ1) is 11.1. The molecule has 1 heterocycles. The van der Waals surface area contributed by atoms with Crippen LogP contribution in [0.15, 0.2) is 53.4 Å². The maximum atomic E-state index is 11.4. The summed E-state index contributed by atoms with van der Waals surface area (Å²) in [4.78, 5) is 40.6. The van der Waals surface area contributed by atoms with Gasteiger partial charge >= 0.3 is 15.2 Å². The fraction of sp³-hybridized carbons (Fsp3) is 0.154. The van der Waals surface area contributed by atoms with Crippen LogP contribution in [0.1, 0.15) is 0 Å². The van der Waals surface area contributed by atoms with Crippen LogP contribution in [0.25, 0.3) is 11.3 Å². The van der Waals surface area contributed by atoms with E-state index in [1.807, 2.05) is 30.3 Å². The molecule has 0 atom stereocenters. The van der Waals surface area contributed by atoms with E-state index < -0.39 is 20.7 Å². The number of hydrogen-bond acceptors (Lipinski definition) is 4.